The summed E-state index contributed by atoms with van der Waals surface area (Å²) in [4.78, 5) is 7.32. The lowest BCUT2D eigenvalue weighted by Gasteiger charge is -2.44. The Morgan fingerprint density at radius 2 is 0.774 bits per heavy atom. The largest absolute Gasteiger partial charge is 0.333 e. The van der Waals surface area contributed by atoms with Gasteiger partial charge in [-0.25, -0.2) is 0 Å². The van der Waals surface area contributed by atoms with Crippen LogP contribution in [0.3, 0.4) is 0 Å². The monoisotopic (exact) mass is 457 g/mol. The molecule has 0 aromatic heterocycles. The van der Waals surface area contributed by atoms with Gasteiger partial charge in [0.1, 0.15) is 0 Å². The van der Waals surface area contributed by atoms with Crippen molar-refractivity contribution in [1.29, 1.82) is 0 Å². The van der Waals surface area contributed by atoms with E-state index in [1.807, 2.05) is 0 Å². The Labute approximate surface area is 192 Å². The van der Waals surface area contributed by atoms with Gasteiger partial charge in [0.15, 0.2) is 0 Å². The van der Waals surface area contributed by atoms with Crippen molar-refractivity contribution in [1.82, 2.24) is 14.7 Å². The lowest BCUT2D eigenvalue weighted by atomic mass is 9.92. The first-order valence-electron chi connectivity index (χ1n) is 12.5. The van der Waals surface area contributed by atoms with Crippen molar-refractivity contribution in [3.63, 3.8) is 0 Å². The highest BCUT2D eigenvalue weighted by atomic mass is 31.2. The van der Waals surface area contributed by atoms with Crippen molar-refractivity contribution in [3.05, 3.63) is 0 Å². The van der Waals surface area contributed by atoms with Crippen LogP contribution in [0.15, 0.2) is 0 Å². The second kappa shape index (κ2) is 11.1. The van der Waals surface area contributed by atoms with Gasteiger partial charge in [-0.05, 0) is 78.9 Å². The van der Waals surface area contributed by atoms with Crippen LogP contribution >= 0.6 is 8.60 Å². The average molecular weight is 458 g/mol. The summed E-state index contributed by atoms with van der Waals surface area (Å²) in [6.07, 6.45) is 3.74. The molecule has 3 aliphatic heterocycles. The zero-order valence-electron chi connectivity index (χ0n) is 21.5. The standard InChI is InChI=1S/C24H48N3O3P/c1-16-13-25(7)19(4)10-22(16)28-31(29-23-11-20(5)26(8)14-17(23)2)30-24-12-21(6)27(9)15-18(24)3/h16-24H,10-15H2,1-9H3. The van der Waals surface area contributed by atoms with Gasteiger partial charge in [-0.1, -0.05) is 20.8 Å². The lowest BCUT2D eigenvalue weighted by Crippen LogP contribution is -2.48. The third-order valence-corrected chi connectivity index (χ3v) is 9.60. The fraction of sp³-hybridized carbons (Fsp3) is 1.00. The van der Waals surface area contributed by atoms with E-state index >= 15 is 0 Å². The van der Waals surface area contributed by atoms with E-state index in [4.69, 9.17) is 13.6 Å². The Bertz CT molecular complexity index is 494. The van der Waals surface area contributed by atoms with Gasteiger partial charge in [0, 0.05) is 37.8 Å². The maximum Gasteiger partial charge on any atom is 0.333 e. The van der Waals surface area contributed by atoms with Crippen LogP contribution in [0.25, 0.3) is 0 Å². The van der Waals surface area contributed by atoms with Gasteiger partial charge in [0.2, 0.25) is 0 Å². The maximum absolute atomic E-state index is 6.72. The number of hydrogen-bond donors (Lipinski definition) is 0. The Kier molecular flexibility index (Phi) is 9.22. The molecule has 3 rings (SSSR count). The van der Waals surface area contributed by atoms with E-state index in [0.717, 1.165) is 38.9 Å². The Morgan fingerprint density at radius 3 is 1.03 bits per heavy atom. The molecule has 0 amide bonds. The molecule has 0 saturated carbocycles. The number of likely N-dealkylation sites (tertiary alicyclic amines) is 3. The van der Waals surface area contributed by atoms with Gasteiger partial charge in [0.25, 0.3) is 0 Å². The summed E-state index contributed by atoms with van der Waals surface area (Å²) in [6.45, 7) is 17.0. The minimum absolute atomic E-state index is 0.204. The van der Waals surface area contributed by atoms with E-state index in [2.05, 4.69) is 77.4 Å². The molecular weight excluding hydrogens is 409 g/mol. The molecule has 0 aliphatic carbocycles. The molecule has 182 valence electrons. The molecule has 3 saturated heterocycles. The highest BCUT2D eigenvalue weighted by molar-refractivity contribution is 7.41. The first kappa shape index (κ1) is 25.8. The summed E-state index contributed by atoms with van der Waals surface area (Å²) >= 11 is 0. The minimum atomic E-state index is -1.36. The Balaban J connectivity index is 1.70. The van der Waals surface area contributed by atoms with Gasteiger partial charge >= 0.3 is 8.60 Å². The summed E-state index contributed by atoms with van der Waals surface area (Å²) in [7, 11) is 5.29. The number of rotatable bonds is 6. The van der Waals surface area contributed by atoms with E-state index in [1.165, 1.54) is 0 Å². The van der Waals surface area contributed by atoms with E-state index in [0.29, 0.717) is 35.9 Å². The van der Waals surface area contributed by atoms with Gasteiger partial charge in [-0.2, -0.15) is 0 Å². The van der Waals surface area contributed by atoms with Gasteiger partial charge in [-0.3, -0.25) is 0 Å². The van der Waals surface area contributed by atoms with Gasteiger partial charge in [0.05, 0.1) is 18.3 Å². The molecule has 6 nitrogen and oxygen atoms in total. The van der Waals surface area contributed by atoms with Crippen molar-refractivity contribution in [2.45, 2.75) is 97.2 Å². The Hall–Kier alpha value is 0.190. The SMILES string of the molecule is CC1CN(C)C(C)CC1OP(OC1CC(C)N(C)CC1C)OC1CC(C)N(C)CC1C. The first-order valence-corrected chi connectivity index (χ1v) is 13.6. The molecule has 3 aliphatic rings. The summed E-state index contributed by atoms with van der Waals surface area (Å²) in [6, 6.07) is 1.59. The van der Waals surface area contributed by atoms with Crippen molar-refractivity contribution >= 4 is 8.60 Å². The summed E-state index contributed by atoms with van der Waals surface area (Å²) in [5, 5.41) is 0. The van der Waals surface area contributed by atoms with E-state index in [9.17, 15) is 0 Å². The molecule has 0 spiro atoms. The van der Waals surface area contributed by atoms with Crippen molar-refractivity contribution in [2.75, 3.05) is 40.8 Å². The van der Waals surface area contributed by atoms with Crippen LogP contribution in [0.1, 0.15) is 60.8 Å². The van der Waals surface area contributed by atoms with Gasteiger partial charge in [-0.15, -0.1) is 0 Å². The molecule has 9 unspecified atom stereocenters. The van der Waals surface area contributed by atoms with E-state index < -0.39 is 8.60 Å². The predicted molar refractivity (Wildman–Crippen MR) is 129 cm³/mol. The molecule has 3 heterocycles. The normalized spacial score (nSPS) is 45.0. The van der Waals surface area contributed by atoms with Crippen LogP contribution in [0.2, 0.25) is 0 Å². The maximum atomic E-state index is 6.72. The zero-order chi connectivity index (χ0) is 22.9. The lowest BCUT2D eigenvalue weighted by molar-refractivity contribution is -0.0392. The molecule has 0 aromatic carbocycles. The third kappa shape index (κ3) is 6.62. The van der Waals surface area contributed by atoms with E-state index in [-0.39, 0.29) is 18.3 Å². The average Bonchev–Trinajstić information content (AvgIpc) is 2.68. The van der Waals surface area contributed by atoms with Crippen LogP contribution < -0.4 is 0 Å². The molecular formula is C24H48N3O3P. The second-order valence-electron chi connectivity index (χ2n) is 11.2. The molecule has 0 aromatic rings. The molecule has 9 atom stereocenters. The van der Waals surface area contributed by atoms with Crippen molar-refractivity contribution in [2.24, 2.45) is 17.8 Å². The van der Waals surface area contributed by atoms with Crippen molar-refractivity contribution < 1.29 is 13.6 Å². The molecule has 0 N–H and O–H groups in total. The summed E-state index contributed by atoms with van der Waals surface area (Å²) in [5.41, 5.74) is 0. The number of hydrogen-bond acceptors (Lipinski definition) is 6. The van der Waals surface area contributed by atoms with Crippen LogP contribution in [0, 0.1) is 17.8 Å². The van der Waals surface area contributed by atoms with E-state index in [1.54, 1.807) is 0 Å². The smallest absolute Gasteiger partial charge is 0.309 e. The first-order chi connectivity index (χ1) is 14.5. The molecule has 7 heteroatoms. The van der Waals surface area contributed by atoms with Crippen LogP contribution in [-0.4, -0.2) is 91.9 Å². The predicted octanol–water partition coefficient (Wildman–Crippen LogP) is 4.45. The summed E-state index contributed by atoms with van der Waals surface area (Å²) < 4.78 is 20.1. The fourth-order valence-electron chi connectivity index (χ4n) is 5.35. The van der Waals surface area contributed by atoms with Crippen LogP contribution in [-0.2, 0) is 13.6 Å². The topological polar surface area (TPSA) is 37.4 Å². The molecule has 0 bridgehead atoms. The highest BCUT2D eigenvalue weighted by Crippen LogP contribution is 2.50. The Morgan fingerprint density at radius 1 is 0.516 bits per heavy atom. The zero-order valence-corrected chi connectivity index (χ0v) is 22.3. The summed E-state index contributed by atoms with van der Waals surface area (Å²) in [5.74, 6) is 1.46. The fourth-order valence-corrected chi connectivity index (χ4v) is 7.04. The number of nitrogens with zero attached hydrogens (tertiary/aromatic N) is 3. The number of piperidine rings is 3. The van der Waals surface area contributed by atoms with Gasteiger partial charge < -0.3 is 28.3 Å². The molecule has 0 radical (unpaired) electrons. The van der Waals surface area contributed by atoms with Crippen molar-refractivity contribution in [3.8, 4) is 0 Å². The quantitative estimate of drug-likeness (QED) is 0.549. The third-order valence-electron chi connectivity index (χ3n) is 8.27. The molecule has 3 fully saturated rings. The minimum Gasteiger partial charge on any atom is -0.309 e. The highest BCUT2D eigenvalue weighted by Gasteiger charge is 2.39. The molecule has 31 heavy (non-hydrogen) atoms. The van der Waals surface area contributed by atoms with Crippen LogP contribution in [0.4, 0.5) is 0 Å². The van der Waals surface area contributed by atoms with Crippen LogP contribution in [0.5, 0.6) is 0 Å². The second-order valence-corrected chi connectivity index (χ2v) is 12.2.